The number of para-hydroxylation sites is 1. The first kappa shape index (κ1) is 17.7. The van der Waals surface area contributed by atoms with E-state index in [0.717, 1.165) is 18.6 Å². The summed E-state index contributed by atoms with van der Waals surface area (Å²) < 4.78 is 19.9. The summed E-state index contributed by atoms with van der Waals surface area (Å²) in [5.74, 6) is 0.804. The van der Waals surface area contributed by atoms with Crippen LogP contribution >= 0.6 is 15.9 Å². The van der Waals surface area contributed by atoms with Gasteiger partial charge in [0, 0.05) is 17.6 Å². The number of urea groups is 1. The molecule has 1 aliphatic heterocycles. The van der Waals surface area contributed by atoms with E-state index >= 15 is 0 Å². The SMILES string of the molecule is COc1ccccc1C1CCN(C(=O)Nc2ccc(Br)cc2F)CC1. The number of carbonyl (C=O) groups excluding carboxylic acids is 1. The summed E-state index contributed by atoms with van der Waals surface area (Å²) in [5, 5.41) is 2.65. The minimum atomic E-state index is -0.452. The van der Waals surface area contributed by atoms with Crippen molar-refractivity contribution in [2.24, 2.45) is 0 Å². The maximum Gasteiger partial charge on any atom is 0.321 e. The van der Waals surface area contributed by atoms with Crippen molar-refractivity contribution >= 4 is 27.6 Å². The number of rotatable bonds is 3. The van der Waals surface area contributed by atoms with E-state index in [2.05, 4.69) is 27.3 Å². The maximum atomic E-state index is 13.9. The fraction of sp³-hybridized carbons (Fsp3) is 0.316. The lowest BCUT2D eigenvalue weighted by atomic mass is 9.89. The standard InChI is InChI=1S/C19H20BrFN2O2/c1-25-18-5-3-2-4-15(18)13-8-10-23(11-9-13)19(24)22-17-7-6-14(20)12-16(17)21/h2-7,12-13H,8-11H2,1H3,(H,22,24). The van der Waals surface area contributed by atoms with Crippen LogP contribution in [-0.4, -0.2) is 31.1 Å². The molecule has 3 rings (SSSR count). The monoisotopic (exact) mass is 406 g/mol. The van der Waals surface area contributed by atoms with Gasteiger partial charge in [-0.15, -0.1) is 0 Å². The lowest BCUT2D eigenvalue weighted by Crippen LogP contribution is -2.40. The summed E-state index contributed by atoms with van der Waals surface area (Å²) >= 11 is 3.21. The van der Waals surface area contributed by atoms with E-state index in [0.29, 0.717) is 23.5 Å². The second-order valence-electron chi connectivity index (χ2n) is 6.06. The lowest BCUT2D eigenvalue weighted by Gasteiger charge is -2.32. The van der Waals surface area contributed by atoms with Crippen molar-refractivity contribution in [1.82, 2.24) is 4.90 Å². The minimum Gasteiger partial charge on any atom is -0.496 e. The quantitative estimate of drug-likeness (QED) is 0.778. The van der Waals surface area contributed by atoms with Gasteiger partial charge in [-0.2, -0.15) is 0 Å². The number of benzene rings is 2. The Labute approximate surface area is 155 Å². The molecule has 0 spiro atoms. The van der Waals surface area contributed by atoms with Gasteiger partial charge in [0.25, 0.3) is 0 Å². The van der Waals surface area contributed by atoms with Crippen LogP contribution in [0.4, 0.5) is 14.9 Å². The van der Waals surface area contributed by atoms with Crippen molar-refractivity contribution in [3.05, 3.63) is 58.3 Å². The van der Waals surface area contributed by atoms with Crippen LogP contribution in [0.15, 0.2) is 46.9 Å². The topological polar surface area (TPSA) is 41.6 Å². The number of carbonyl (C=O) groups is 1. The molecule has 0 saturated carbocycles. The van der Waals surface area contributed by atoms with Crippen LogP contribution in [0, 0.1) is 5.82 Å². The average Bonchev–Trinajstić information content (AvgIpc) is 2.64. The van der Waals surface area contributed by atoms with Gasteiger partial charge in [-0.1, -0.05) is 34.1 Å². The molecule has 132 valence electrons. The summed E-state index contributed by atoms with van der Waals surface area (Å²) in [4.78, 5) is 14.1. The Morgan fingerprint density at radius 3 is 2.64 bits per heavy atom. The van der Waals surface area contributed by atoms with Gasteiger partial charge in [0.15, 0.2) is 0 Å². The van der Waals surface area contributed by atoms with Crippen LogP contribution < -0.4 is 10.1 Å². The van der Waals surface area contributed by atoms with Gasteiger partial charge in [-0.3, -0.25) is 0 Å². The van der Waals surface area contributed by atoms with Crippen LogP contribution in [0.3, 0.4) is 0 Å². The molecule has 2 aromatic carbocycles. The highest BCUT2D eigenvalue weighted by molar-refractivity contribution is 9.10. The van der Waals surface area contributed by atoms with Crippen molar-refractivity contribution in [1.29, 1.82) is 0 Å². The van der Waals surface area contributed by atoms with E-state index in [1.165, 1.54) is 11.6 Å². The second-order valence-corrected chi connectivity index (χ2v) is 6.97. The molecule has 0 atom stereocenters. The number of nitrogens with one attached hydrogen (secondary N) is 1. The molecule has 1 N–H and O–H groups in total. The molecule has 6 heteroatoms. The second kappa shape index (κ2) is 7.87. The maximum absolute atomic E-state index is 13.9. The molecule has 4 nitrogen and oxygen atoms in total. The lowest BCUT2D eigenvalue weighted by molar-refractivity contribution is 0.194. The molecule has 0 radical (unpaired) electrons. The zero-order valence-electron chi connectivity index (χ0n) is 14.0. The summed E-state index contributed by atoms with van der Waals surface area (Å²) in [6, 6.07) is 12.3. The third kappa shape index (κ3) is 4.12. The molecule has 0 unspecified atom stereocenters. The Morgan fingerprint density at radius 2 is 1.96 bits per heavy atom. The Balaban J connectivity index is 1.61. The van der Waals surface area contributed by atoms with E-state index in [1.807, 2.05) is 18.2 Å². The van der Waals surface area contributed by atoms with E-state index < -0.39 is 5.82 Å². The fourth-order valence-electron chi connectivity index (χ4n) is 3.18. The van der Waals surface area contributed by atoms with Gasteiger partial charge in [-0.25, -0.2) is 9.18 Å². The number of likely N-dealkylation sites (tertiary alicyclic amines) is 1. The first-order valence-electron chi connectivity index (χ1n) is 8.22. The Bertz CT molecular complexity index is 761. The molecule has 2 amide bonds. The zero-order chi connectivity index (χ0) is 17.8. The highest BCUT2D eigenvalue weighted by atomic mass is 79.9. The van der Waals surface area contributed by atoms with Gasteiger partial charge in [0.05, 0.1) is 12.8 Å². The number of anilines is 1. The normalized spacial score (nSPS) is 15.1. The molecule has 0 aliphatic carbocycles. The summed E-state index contributed by atoms with van der Waals surface area (Å²) in [6.45, 7) is 1.26. The largest absolute Gasteiger partial charge is 0.496 e. The first-order chi connectivity index (χ1) is 12.1. The number of nitrogens with zero attached hydrogens (tertiary/aromatic N) is 1. The van der Waals surface area contributed by atoms with Crippen LogP contribution in [0.25, 0.3) is 0 Å². The molecule has 2 aromatic rings. The third-order valence-electron chi connectivity index (χ3n) is 4.53. The predicted molar refractivity (Wildman–Crippen MR) is 99.7 cm³/mol. The van der Waals surface area contributed by atoms with Crippen molar-refractivity contribution < 1.29 is 13.9 Å². The molecule has 1 aliphatic rings. The third-order valence-corrected chi connectivity index (χ3v) is 5.03. The van der Waals surface area contributed by atoms with E-state index in [4.69, 9.17) is 4.74 Å². The van der Waals surface area contributed by atoms with Crippen LogP contribution in [0.5, 0.6) is 5.75 Å². The number of halogens is 2. The van der Waals surface area contributed by atoms with Crippen molar-refractivity contribution in [3.8, 4) is 5.75 Å². The number of piperidine rings is 1. The molecule has 1 fully saturated rings. The van der Waals surface area contributed by atoms with Crippen molar-refractivity contribution in [3.63, 3.8) is 0 Å². The molecule has 1 saturated heterocycles. The zero-order valence-corrected chi connectivity index (χ0v) is 15.6. The van der Waals surface area contributed by atoms with Gasteiger partial charge < -0.3 is 15.0 Å². The Kier molecular flexibility index (Phi) is 5.58. The van der Waals surface area contributed by atoms with E-state index in [9.17, 15) is 9.18 Å². The smallest absolute Gasteiger partial charge is 0.321 e. The first-order valence-corrected chi connectivity index (χ1v) is 9.01. The van der Waals surface area contributed by atoms with Gasteiger partial charge >= 0.3 is 6.03 Å². The molecule has 1 heterocycles. The Morgan fingerprint density at radius 1 is 1.24 bits per heavy atom. The number of hydrogen-bond donors (Lipinski definition) is 1. The van der Waals surface area contributed by atoms with Crippen LogP contribution in [0.1, 0.15) is 24.3 Å². The fourth-order valence-corrected chi connectivity index (χ4v) is 3.52. The number of amides is 2. The highest BCUT2D eigenvalue weighted by Crippen LogP contribution is 2.34. The predicted octanol–water partition coefficient (Wildman–Crippen LogP) is 5.01. The van der Waals surface area contributed by atoms with Crippen LogP contribution in [0.2, 0.25) is 0 Å². The molecule has 0 bridgehead atoms. The van der Waals surface area contributed by atoms with E-state index in [-0.39, 0.29) is 11.7 Å². The summed E-state index contributed by atoms with van der Waals surface area (Å²) in [5.41, 5.74) is 1.38. The molecular formula is C19H20BrFN2O2. The average molecular weight is 407 g/mol. The van der Waals surface area contributed by atoms with Crippen LogP contribution in [-0.2, 0) is 0 Å². The molecular weight excluding hydrogens is 387 g/mol. The highest BCUT2D eigenvalue weighted by Gasteiger charge is 2.25. The minimum absolute atomic E-state index is 0.194. The summed E-state index contributed by atoms with van der Waals surface area (Å²) in [6.07, 6.45) is 1.72. The van der Waals surface area contributed by atoms with Gasteiger partial charge in [0.2, 0.25) is 0 Å². The molecule has 0 aromatic heterocycles. The van der Waals surface area contributed by atoms with Gasteiger partial charge in [-0.05, 0) is 48.6 Å². The molecule has 25 heavy (non-hydrogen) atoms. The van der Waals surface area contributed by atoms with Crippen molar-refractivity contribution in [2.75, 3.05) is 25.5 Å². The number of methoxy groups -OCH3 is 1. The Hall–Kier alpha value is -2.08. The van der Waals surface area contributed by atoms with Gasteiger partial charge in [0.1, 0.15) is 11.6 Å². The summed E-state index contributed by atoms with van der Waals surface area (Å²) in [7, 11) is 1.67. The number of ether oxygens (including phenoxy) is 1. The van der Waals surface area contributed by atoms with E-state index in [1.54, 1.807) is 24.1 Å². The van der Waals surface area contributed by atoms with Crippen molar-refractivity contribution in [2.45, 2.75) is 18.8 Å². The number of hydrogen-bond acceptors (Lipinski definition) is 2.